The lowest BCUT2D eigenvalue weighted by molar-refractivity contribution is -0.147. The molecule has 1 unspecified atom stereocenters. The second-order valence-corrected chi connectivity index (χ2v) is 12.5. The number of fused-ring (bicyclic) bond motifs is 1. The average Bonchev–Trinajstić information content (AvgIpc) is 3.11. The van der Waals surface area contributed by atoms with E-state index in [1.807, 2.05) is 13.8 Å². The minimum atomic E-state index is -0.663. The minimum Gasteiger partial charge on any atom is -0.461 e. The largest absolute Gasteiger partial charge is 0.461 e. The molecule has 192 valence electrons. The van der Waals surface area contributed by atoms with Gasteiger partial charge in [0.2, 0.25) is 0 Å². The summed E-state index contributed by atoms with van der Waals surface area (Å²) in [5, 5.41) is 20.7. The molecule has 3 aliphatic carbocycles. The number of halogens is 1. The summed E-state index contributed by atoms with van der Waals surface area (Å²) in [7, 11) is 0. The SMILES string of the molecule is C=C1/C(=C\C=C2CCC[C@@]3(C)C2CC[C@@H]3[C@H](C)CCCC(C)(C)O)C[C@@H](OC(=O)CBr)C[C@H]1O. The average molecular weight is 538 g/mol. The van der Waals surface area contributed by atoms with Gasteiger partial charge in [0.05, 0.1) is 11.7 Å². The van der Waals surface area contributed by atoms with E-state index in [2.05, 4.69) is 48.5 Å². The summed E-state index contributed by atoms with van der Waals surface area (Å²) in [4.78, 5) is 11.7. The highest BCUT2D eigenvalue weighted by molar-refractivity contribution is 9.09. The van der Waals surface area contributed by atoms with Gasteiger partial charge >= 0.3 is 5.97 Å². The van der Waals surface area contributed by atoms with Crippen molar-refractivity contribution in [2.24, 2.45) is 23.2 Å². The third kappa shape index (κ3) is 6.64. The molecular weight excluding hydrogens is 492 g/mol. The van der Waals surface area contributed by atoms with Crippen LogP contribution in [0.25, 0.3) is 0 Å². The zero-order valence-corrected chi connectivity index (χ0v) is 23.2. The van der Waals surface area contributed by atoms with E-state index >= 15 is 0 Å². The Balaban J connectivity index is 1.71. The lowest BCUT2D eigenvalue weighted by Crippen LogP contribution is -2.36. The monoisotopic (exact) mass is 536 g/mol. The van der Waals surface area contributed by atoms with E-state index in [-0.39, 0.29) is 17.4 Å². The summed E-state index contributed by atoms with van der Waals surface area (Å²) >= 11 is 3.14. The van der Waals surface area contributed by atoms with Crippen LogP contribution in [0.4, 0.5) is 0 Å². The summed E-state index contributed by atoms with van der Waals surface area (Å²) in [5.41, 5.74) is 3.06. The third-order valence-electron chi connectivity index (χ3n) is 8.83. The van der Waals surface area contributed by atoms with Gasteiger partial charge in [-0.2, -0.15) is 0 Å². The Morgan fingerprint density at radius 2 is 2.09 bits per heavy atom. The van der Waals surface area contributed by atoms with Crippen LogP contribution in [0.2, 0.25) is 0 Å². The maximum atomic E-state index is 11.7. The van der Waals surface area contributed by atoms with E-state index in [1.165, 1.54) is 37.7 Å². The van der Waals surface area contributed by atoms with Crippen LogP contribution in [-0.2, 0) is 9.53 Å². The molecule has 6 atom stereocenters. The molecular formula is C29H45BrO4. The number of ether oxygens (including phenoxy) is 1. The third-order valence-corrected chi connectivity index (χ3v) is 9.28. The van der Waals surface area contributed by atoms with E-state index < -0.39 is 11.7 Å². The first kappa shape index (κ1) is 27.7. The summed E-state index contributed by atoms with van der Waals surface area (Å²) in [6, 6.07) is 0. The first-order valence-electron chi connectivity index (χ1n) is 13.2. The molecule has 0 aromatic carbocycles. The van der Waals surface area contributed by atoms with Crippen LogP contribution in [0.15, 0.2) is 35.5 Å². The fourth-order valence-corrected chi connectivity index (χ4v) is 7.16. The van der Waals surface area contributed by atoms with Crippen molar-refractivity contribution < 1.29 is 19.7 Å². The molecule has 0 heterocycles. The number of allylic oxidation sites excluding steroid dienone is 3. The van der Waals surface area contributed by atoms with Crippen molar-refractivity contribution in [1.29, 1.82) is 0 Å². The fourth-order valence-electron chi connectivity index (χ4n) is 7.03. The Morgan fingerprint density at radius 1 is 1.35 bits per heavy atom. The fraction of sp³-hybridized carbons (Fsp3) is 0.759. The molecule has 0 aliphatic heterocycles. The van der Waals surface area contributed by atoms with Crippen LogP contribution in [0.1, 0.15) is 91.9 Å². The quantitative estimate of drug-likeness (QED) is 0.269. The molecule has 5 heteroatoms. The Morgan fingerprint density at radius 3 is 2.76 bits per heavy atom. The summed E-state index contributed by atoms with van der Waals surface area (Å²) < 4.78 is 5.50. The first-order valence-corrected chi connectivity index (χ1v) is 14.3. The predicted octanol–water partition coefficient (Wildman–Crippen LogP) is 6.65. The van der Waals surface area contributed by atoms with Crippen molar-refractivity contribution in [2.75, 3.05) is 5.33 Å². The topological polar surface area (TPSA) is 66.8 Å². The number of esters is 1. The lowest BCUT2D eigenvalue weighted by atomic mass is 9.60. The summed E-state index contributed by atoms with van der Waals surface area (Å²) in [6.45, 7) is 12.9. The first-order chi connectivity index (χ1) is 15.9. The molecule has 0 bridgehead atoms. The highest BCUT2D eigenvalue weighted by atomic mass is 79.9. The van der Waals surface area contributed by atoms with Gasteiger partial charge in [-0.25, -0.2) is 0 Å². The number of carbonyl (C=O) groups excluding carboxylic acids is 1. The number of hydrogen-bond donors (Lipinski definition) is 2. The van der Waals surface area contributed by atoms with Gasteiger partial charge in [0.25, 0.3) is 0 Å². The number of aliphatic hydroxyl groups excluding tert-OH is 1. The number of alkyl halides is 1. The van der Waals surface area contributed by atoms with Crippen molar-refractivity contribution in [1.82, 2.24) is 0 Å². The summed E-state index contributed by atoms with van der Waals surface area (Å²) in [6.07, 6.45) is 13.8. The Bertz CT molecular complexity index is 807. The van der Waals surface area contributed by atoms with E-state index in [9.17, 15) is 15.0 Å². The van der Waals surface area contributed by atoms with Crippen molar-refractivity contribution >= 4 is 21.9 Å². The molecule has 3 saturated carbocycles. The van der Waals surface area contributed by atoms with Gasteiger partial charge in [-0.1, -0.05) is 66.9 Å². The molecule has 3 fully saturated rings. The van der Waals surface area contributed by atoms with Gasteiger partial charge in [0.15, 0.2) is 0 Å². The molecule has 34 heavy (non-hydrogen) atoms. The van der Waals surface area contributed by atoms with E-state index in [4.69, 9.17) is 4.74 Å². The van der Waals surface area contributed by atoms with E-state index in [0.717, 1.165) is 36.3 Å². The maximum absolute atomic E-state index is 11.7. The lowest BCUT2D eigenvalue weighted by Gasteiger charge is -2.44. The predicted molar refractivity (Wildman–Crippen MR) is 142 cm³/mol. The van der Waals surface area contributed by atoms with Gasteiger partial charge in [0, 0.05) is 12.8 Å². The van der Waals surface area contributed by atoms with Gasteiger partial charge in [-0.05, 0) is 86.7 Å². The van der Waals surface area contributed by atoms with Crippen LogP contribution in [0.5, 0.6) is 0 Å². The van der Waals surface area contributed by atoms with Crippen LogP contribution >= 0.6 is 15.9 Å². The molecule has 3 rings (SSSR count). The Hall–Kier alpha value is -0.910. The molecule has 2 N–H and O–H groups in total. The van der Waals surface area contributed by atoms with Crippen molar-refractivity contribution in [3.05, 3.63) is 35.5 Å². The number of hydrogen-bond acceptors (Lipinski definition) is 4. The molecule has 0 saturated heterocycles. The number of carbonyl (C=O) groups is 1. The molecule has 0 aromatic heterocycles. The van der Waals surface area contributed by atoms with Crippen LogP contribution in [0.3, 0.4) is 0 Å². The standard InChI is InChI=1S/C29H45BrO4/c1-19(8-6-14-28(3,4)33)24-12-13-25-21(9-7-15-29(24,25)5)10-11-22-16-23(34-27(32)18-30)17-26(31)20(22)2/h10-11,19,23-26,31,33H,2,6-9,12-18H2,1,3-5H3/b21-10?,22-11-/t19-,23-,24-,25?,26-,29-/m1/s1. The van der Waals surface area contributed by atoms with Gasteiger partial charge < -0.3 is 14.9 Å². The highest BCUT2D eigenvalue weighted by Crippen LogP contribution is 2.60. The van der Waals surface area contributed by atoms with Gasteiger partial charge in [0.1, 0.15) is 11.4 Å². The van der Waals surface area contributed by atoms with Gasteiger partial charge in [-0.15, -0.1) is 0 Å². The summed E-state index contributed by atoms with van der Waals surface area (Å²) in [5.74, 6) is 1.73. The van der Waals surface area contributed by atoms with Crippen molar-refractivity contribution in [3.63, 3.8) is 0 Å². The minimum absolute atomic E-state index is 0.168. The Labute approximate surface area is 215 Å². The zero-order valence-electron chi connectivity index (χ0n) is 21.6. The zero-order chi connectivity index (χ0) is 25.1. The van der Waals surface area contributed by atoms with Crippen molar-refractivity contribution in [2.45, 2.75) is 110 Å². The molecule has 0 spiro atoms. The number of aliphatic hydroxyl groups is 2. The second-order valence-electron chi connectivity index (χ2n) is 11.9. The van der Waals surface area contributed by atoms with E-state index in [0.29, 0.717) is 30.1 Å². The molecule has 0 radical (unpaired) electrons. The maximum Gasteiger partial charge on any atom is 0.316 e. The highest BCUT2D eigenvalue weighted by Gasteiger charge is 2.50. The van der Waals surface area contributed by atoms with Gasteiger partial charge in [-0.3, -0.25) is 4.79 Å². The Kier molecular flexibility index (Phi) is 9.30. The normalized spacial score (nSPS) is 35.4. The molecule has 4 nitrogen and oxygen atoms in total. The molecule has 3 aliphatic rings. The molecule has 0 amide bonds. The number of rotatable bonds is 8. The van der Waals surface area contributed by atoms with Crippen LogP contribution in [0, 0.1) is 23.2 Å². The van der Waals surface area contributed by atoms with Crippen LogP contribution in [-0.4, -0.2) is 39.3 Å². The van der Waals surface area contributed by atoms with Crippen LogP contribution < -0.4 is 0 Å². The smallest absolute Gasteiger partial charge is 0.316 e. The van der Waals surface area contributed by atoms with E-state index in [1.54, 1.807) is 0 Å². The second kappa shape index (κ2) is 11.4. The molecule has 0 aromatic rings. The van der Waals surface area contributed by atoms with Crippen molar-refractivity contribution in [3.8, 4) is 0 Å².